The highest BCUT2D eigenvalue weighted by Crippen LogP contribution is 2.67. The van der Waals surface area contributed by atoms with Crippen LogP contribution in [0.2, 0.25) is 0 Å². The second kappa shape index (κ2) is 30.7. The normalized spacial score (nSPS) is 18.3. The molecular formula is C32H56N5O20P3S4. The van der Waals surface area contributed by atoms with Crippen molar-refractivity contribution < 1.29 is 89.2 Å². The van der Waals surface area contributed by atoms with Crippen LogP contribution in [0.15, 0.2) is 11.0 Å². The molecule has 5 atom stereocenters. The van der Waals surface area contributed by atoms with Gasteiger partial charge in [0.05, 0.1) is 45.1 Å². The third-order valence-electron chi connectivity index (χ3n) is 7.41. The number of nitrogens with one attached hydrogen (secondary N) is 2. The fraction of sp³-hybridized carbons (Fsp3) is 0.750. The van der Waals surface area contributed by atoms with Crippen molar-refractivity contribution in [3.8, 4) is 11.8 Å². The number of carbonyl (C=O) groups excluding carboxylic acids is 2. The zero-order chi connectivity index (χ0) is 47.7. The number of aromatic nitrogens is 2. The maximum Gasteiger partial charge on any atom is 0.490 e. The van der Waals surface area contributed by atoms with Gasteiger partial charge in [0.1, 0.15) is 30.0 Å². The van der Waals surface area contributed by atoms with Crippen molar-refractivity contribution in [1.29, 1.82) is 0 Å². The molecule has 25 nitrogen and oxygen atoms in total. The first kappa shape index (κ1) is 58.5. The lowest BCUT2D eigenvalue weighted by atomic mass is 10.1. The summed E-state index contributed by atoms with van der Waals surface area (Å²) in [6, 6.07) is 0. The van der Waals surface area contributed by atoms with Crippen LogP contribution in [0, 0.1) is 11.8 Å². The molecule has 0 bridgehead atoms. The third-order valence-corrected chi connectivity index (χ3v) is 16.4. The average Bonchev–Trinajstić information content (AvgIpc) is 3.57. The van der Waals surface area contributed by atoms with Gasteiger partial charge in [-0.3, -0.25) is 9.09 Å². The number of unbranched alkanes of at least 4 members (excludes halogenated alkanes) is 1. The number of hydrogen-bond acceptors (Lipinski definition) is 22. The Kier molecular flexibility index (Phi) is 28.1. The molecule has 0 saturated carbocycles. The summed E-state index contributed by atoms with van der Waals surface area (Å²) in [4.78, 5) is 77.8. The number of amides is 2. The summed E-state index contributed by atoms with van der Waals surface area (Å²) < 4.78 is 86.4. The van der Waals surface area contributed by atoms with Gasteiger partial charge in [-0.1, -0.05) is 61.9 Å². The molecule has 1 saturated heterocycles. The molecule has 0 aliphatic carbocycles. The molecule has 64 heavy (non-hydrogen) atoms. The van der Waals surface area contributed by atoms with Gasteiger partial charge >= 0.3 is 41.3 Å². The Morgan fingerprint density at radius 2 is 1.62 bits per heavy atom. The summed E-state index contributed by atoms with van der Waals surface area (Å²) in [5.41, 5.74) is 5.00. The van der Waals surface area contributed by atoms with Crippen LogP contribution in [-0.2, 0) is 60.0 Å². The SMILES string of the molecule is CCOCCOCCNC(=O)OCCC(C)(C)SSCOCCCCOC(=O)NCC#Cc1cn([C@H]2C[C@@H](OCSSCC)C(OP(=O)(O)OP(=O)(O)OP(=O)(O)O)O2)c(=O)nc1N. The molecule has 0 radical (unpaired) electrons. The minimum atomic E-state index is -5.83. The summed E-state index contributed by atoms with van der Waals surface area (Å²) >= 11 is 0. The molecule has 2 amide bonds. The molecule has 8 N–H and O–H groups in total. The van der Waals surface area contributed by atoms with E-state index in [1.807, 2.05) is 27.7 Å². The van der Waals surface area contributed by atoms with E-state index in [0.29, 0.717) is 70.5 Å². The lowest BCUT2D eigenvalue weighted by molar-refractivity contribution is -0.141. The number of phosphoric acid groups is 3. The third kappa shape index (κ3) is 26.7. The van der Waals surface area contributed by atoms with Gasteiger partial charge in [0.15, 0.2) is 6.29 Å². The van der Waals surface area contributed by atoms with Crippen LogP contribution >= 0.6 is 66.6 Å². The number of rotatable bonds is 32. The van der Waals surface area contributed by atoms with Gasteiger partial charge in [-0.2, -0.15) is 13.6 Å². The van der Waals surface area contributed by atoms with Crippen molar-refractivity contribution >= 4 is 84.6 Å². The van der Waals surface area contributed by atoms with Gasteiger partial charge in [-0.15, -0.1) is 0 Å². The number of phosphoric ester groups is 1. The highest BCUT2D eigenvalue weighted by atomic mass is 33.1. The number of carbonyl (C=O) groups is 2. The molecule has 0 spiro atoms. The van der Waals surface area contributed by atoms with E-state index in [1.165, 1.54) is 38.6 Å². The van der Waals surface area contributed by atoms with Crippen LogP contribution in [0.4, 0.5) is 15.4 Å². The van der Waals surface area contributed by atoms with Crippen LogP contribution in [0.5, 0.6) is 0 Å². The molecule has 3 unspecified atom stereocenters. The number of alkyl carbamates (subject to hydrolysis) is 2. The standard InChI is InChI=1S/C32H56N5O20P3S4/c1-5-48-18-19-49-17-13-35-31(40)52-16-11-32(3,4)64-63-22-50-14-7-8-15-51-30(39)34-12-9-10-24-21-37(29(38)36-27(24)33)26-20-25(53-23-62-61-6-2)28(54-26)55-59(44,45)57-60(46,47)56-58(41,42)43/h21,25-26,28H,5-8,11-20,22-23H2,1-4H3,(H,34,39)(H,35,40)(H,44,45)(H,46,47)(H2,33,36,38)(H2,41,42,43)/t25-,26-,28?/m1/s1. The molecular weight excluding hydrogens is 996 g/mol. The molecule has 1 aromatic rings. The van der Waals surface area contributed by atoms with E-state index in [9.17, 15) is 37.9 Å². The lowest BCUT2D eigenvalue weighted by Gasteiger charge is -2.22. The van der Waals surface area contributed by atoms with Gasteiger partial charge in [0.25, 0.3) is 0 Å². The Hall–Kier alpha value is -1.61. The van der Waals surface area contributed by atoms with E-state index < -0.39 is 60.0 Å². The first-order chi connectivity index (χ1) is 30.2. The predicted molar refractivity (Wildman–Crippen MR) is 239 cm³/mol. The number of hydrogen-bond donors (Lipinski definition) is 7. The lowest BCUT2D eigenvalue weighted by Crippen LogP contribution is -2.29. The van der Waals surface area contributed by atoms with Crippen molar-refractivity contribution in [3.05, 3.63) is 22.2 Å². The fourth-order valence-electron chi connectivity index (χ4n) is 4.60. The monoisotopic (exact) mass is 1050 g/mol. The molecule has 2 rings (SSSR count). The van der Waals surface area contributed by atoms with Crippen LogP contribution in [0.3, 0.4) is 0 Å². The van der Waals surface area contributed by atoms with Gasteiger partial charge in [0, 0.05) is 42.9 Å². The number of anilines is 1. The highest BCUT2D eigenvalue weighted by Gasteiger charge is 2.47. The highest BCUT2D eigenvalue weighted by molar-refractivity contribution is 8.77. The van der Waals surface area contributed by atoms with E-state index in [-0.39, 0.29) is 48.2 Å². The van der Waals surface area contributed by atoms with Crippen LogP contribution in [0.1, 0.15) is 65.2 Å². The number of ether oxygens (including phenoxy) is 7. The van der Waals surface area contributed by atoms with Crippen LogP contribution in [0.25, 0.3) is 0 Å². The molecule has 368 valence electrons. The van der Waals surface area contributed by atoms with E-state index in [1.54, 1.807) is 10.8 Å². The molecule has 1 aliphatic heterocycles. The molecule has 1 aromatic heterocycles. The van der Waals surface area contributed by atoms with Gasteiger partial charge in [0.2, 0.25) is 0 Å². The van der Waals surface area contributed by atoms with Crippen molar-refractivity contribution in [2.75, 3.05) is 82.7 Å². The average molecular weight is 1050 g/mol. The number of nitrogen functional groups attached to an aromatic ring is 1. The summed E-state index contributed by atoms with van der Waals surface area (Å²) in [6.45, 7) is 10.9. The zero-order valence-electron chi connectivity index (χ0n) is 35.4. The molecule has 1 fully saturated rings. The summed E-state index contributed by atoms with van der Waals surface area (Å²) in [6.07, 6.45) is -2.76. The molecule has 1 aliphatic rings. The van der Waals surface area contributed by atoms with E-state index >= 15 is 0 Å². The number of nitrogens with two attached hydrogens (primary N) is 1. The maximum atomic E-state index is 12.8. The van der Waals surface area contributed by atoms with Crippen molar-refractivity contribution in [3.63, 3.8) is 0 Å². The van der Waals surface area contributed by atoms with Crippen molar-refractivity contribution in [1.82, 2.24) is 20.2 Å². The topological polar surface area (TPSA) is 344 Å². The van der Waals surface area contributed by atoms with E-state index in [2.05, 4.69) is 36.1 Å². The van der Waals surface area contributed by atoms with Crippen LogP contribution in [-0.4, -0.2) is 135 Å². The Labute approximate surface area is 385 Å². The Bertz CT molecular complexity index is 1860. The Morgan fingerprint density at radius 3 is 2.34 bits per heavy atom. The summed E-state index contributed by atoms with van der Waals surface area (Å²) in [5.74, 6) is 6.21. The summed E-state index contributed by atoms with van der Waals surface area (Å²) in [5, 5.41) is 5.10. The van der Waals surface area contributed by atoms with Gasteiger partial charge in [-0.05, 0) is 40.0 Å². The largest absolute Gasteiger partial charge is 0.490 e. The molecule has 0 aromatic carbocycles. The second-order valence-electron chi connectivity index (χ2n) is 13.1. The Morgan fingerprint density at radius 1 is 0.922 bits per heavy atom. The minimum Gasteiger partial charge on any atom is -0.450 e. The van der Waals surface area contributed by atoms with E-state index in [4.69, 9.17) is 53.2 Å². The van der Waals surface area contributed by atoms with Gasteiger partial charge in [-0.25, -0.2) is 28.1 Å². The minimum absolute atomic E-state index is 0.000440. The first-order valence-electron chi connectivity index (χ1n) is 19.2. The van der Waals surface area contributed by atoms with Crippen molar-refractivity contribution in [2.45, 2.75) is 76.7 Å². The van der Waals surface area contributed by atoms with Gasteiger partial charge < -0.3 is 69.1 Å². The Balaban J connectivity index is 1.75. The zero-order valence-corrected chi connectivity index (χ0v) is 41.3. The molecule has 32 heteroatoms. The van der Waals surface area contributed by atoms with Crippen molar-refractivity contribution in [2.24, 2.45) is 0 Å². The smallest absolute Gasteiger partial charge is 0.450 e. The maximum absolute atomic E-state index is 12.8. The first-order valence-corrected chi connectivity index (χ1v) is 28.5. The predicted octanol–water partition coefficient (Wildman–Crippen LogP) is 4.32. The molecule has 2 heterocycles. The number of nitrogens with zero attached hydrogens (tertiary/aromatic N) is 2. The summed E-state index contributed by atoms with van der Waals surface area (Å²) in [7, 11) is -11.3. The second-order valence-corrected chi connectivity index (χ2v) is 23.1. The van der Waals surface area contributed by atoms with Crippen LogP contribution < -0.4 is 22.1 Å². The fourth-order valence-corrected chi connectivity index (χ4v) is 11.3. The quantitative estimate of drug-likeness (QED) is 0.0174. The van der Waals surface area contributed by atoms with E-state index in [0.717, 1.165) is 4.57 Å².